The van der Waals surface area contributed by atoms with Gasteiger partial charge in [-0.15, -0.1) is 0 Å². The number of anilines is 3. The van der Waals surface area contributed by atoms with Crippen LogP contribution in [-0.4, -0.2) is 0 Å². The van der Waals surface area contributed by atoms with Crippen LogP contribution in [0.4, 0.5) is 17.1 Å². The number of benzene rings is 6. The second-order valence-corrected chi connectivity index (χ2v) is 9.74. The van der Waals surface area contributed by atoms with E-state index in [1.807, 2.05) is 42.5 Å². The molecule has 8 rings (SSSR count). The molecule has 2 aromatic heterocycles. The Labute approximate surface area is 225 Å². The monoisotopic (exact) mass is 501 g/mol. The average Bonchev–Trinajstić information content (AvgIpc) is 3.57. The molecule has 0 atom stereocenters. The van der Waals surface area contributed by atoms with Gasteiger partial charge in [-0.25, -0.2) is 0 Å². The van der Waals surface area contributed by atoms with E-state index in [1.54, 1.807) is 0 Å². The minimum atomic E-state index is 0.868. The summed E-state index contributed by atoms with van der Waals surface area (Å²) in [6.45, 7) is 0. The maximum atomic E-state index is 6.37. The molecule has 3 heteroatoms. The van der Waals surface area contributed by atoms with Gasteiger partial charge in [0.25, 0.3) is 0 Å². The summed E-state index contributed by atoms with van der Waals surface area (Å²) < 4.78 is 12.6. The van der Waals surface area contributed by atoms with Crippen LogP contribution in [0.25, 0.3) is 55.0 Å². The molecule has 2 heterocycles. The molecule has 0 amide bonds. The molecule has 0 aliphatic heterocycles. The van der Waals surface area contributed by atoms with Crippen LogP contribution in [0.5, 0.6) is 0 Å². The Morgan fingerprint density at radius 3 is 1.62 bits per heavy atom. The van der Waals surface area contributed by atoms with Crippen LogP contribution in [0.2, 0.25) is 0 Å². The number of hydrogen-bond donors (Lipinski definition) is 0. The third kappa shape index (κ3) is 3.44. The normalized spacial score (nSPS) is 11.6. The Hall–Kier alpha value is -5.28. The lowest BCUT2D eigenvalue weighted by molar-refractivity contribution is 0.663. The van der Waals surface area contributed by atoms with Gasteiger partial charge in [-0.2, -0.15) is 0 Å². The predicted octanol–water partition coefficient (Wildman–Crippen LogP) is 10.6. The van der Waals surface area contributed by atoms with Crippen molar-refractivity contribution >= 4 is 60.9 Å². The zero-order chi connectivity index (χ0) is 25.8. The molecule has 0 radical (unpaired) electrons. The van der Waals surface area contributed by atoms with Gasteiger partial charge in [0.2, 0.25) is 0 Å². The van der Waals surface area contributed by atoms with E-state index in [4.69, 9.17) is 8.83 Å². The van der Waals surface area contributed by atoms with E-state index in [2.05, 4.69) is 102 Å². The van der Waals surface area contributed by atoms with Gasteiger partial charge in [0, 0.05) is 38.6 Å². The first-order valence-electron chi connectivity index (χ1n) is 13.1. The van der Waals surface area contributed by atoms with E-state index < -0.39 is 0 Å². The van der Waals surface area contributed by atoms with Crippen molar-refractivity contribution in [3.05, 3.63) is 140 Å². The summed E-state index contributed by atoms with van der Waals surface area (Å²) in [7, 11) is 0. The van der Waals surface area contributed by atoms with Crippen molar-refractivity contribution in [2.45, 2.75) is 0 Å². The summed E-state index contributed by atoms with van der Waals surface area (Å²) in [5.74, 6) is 0. The number of nitrogens with zero attached hydrogens (tertiary/aromatic N) is 1. The fourth-order valence-corrected chi connectivity index (χ4v) is 5.76. The maximum absolute atomic E-state index is 6.37. The van der Waals surface area contributed by atoms with Gasteiger partial charge in [0.1, 0.15) is 22.3 Å². The summed E-state index contributed by atoms with van der Waals surface area (Å²) in [4.78, 5) is 2.28. The molecule has 0 unspecified atom stereocenters. The number of para-hydroxylation sites is 3. The topological polar surface area (TPSA) is 29.5 Å². The predicted molar refractivity (Wildman–Crippen MR) is 161 cm³/mol. The van der Waals surface area contributed by atoms with Crippen molar-refractivity contribution in [1.29, 1.82) is 0 Å². The average molecular weight is 502 g/mol. The van der Waals surface area contributed by atoms with Crippen LogP contribution < -0.4 is 4.90 Å². The summed E-state index contributed by atoms with van der Waals surface area (Å²) >= 11 is 0. The molecule has 184 valence electrons. The van der Waals surface area contributed by atoms with Crippen LogP contribution in [0.3, 0.4) is 0 Å². The zero-order valence-electron chi connectivity index (χ0n) is 21.0. The highest BCUT2D eigenvalue weighted by molar-refractivity contribution is 6.28. The smallest absolute Gasteiger partial charge is 0.136 e. The first-order valence-corrected chi connectivity index (χ1v) is 13.1. The molecule has 0 aliphatic carbocycles. The lowest BCUT2D eigenvalue weighted by atomic mass is 9.97. The molecule has 0 N–H and O–H groups in total. The Kier molecular flexibility index (Phi) is 4.82. The second-order valence-electron chi connectivity index (χ2n) is 9.74. The molecule has 3 nitrogen and oxygen atoms in total. The fraction of sp³-hybridized carbons (Fsp3) is 0. The fourth-order valence-electron chi connectivity index (χ4n) is 5.76. The van der Waals surface area contributed by atoms with Crippen molar-refractivity contribution in [1.82, 2.24) is 0 Å². The van der Waals surface area contributed by atoms with Gasteiger partial charge < -0.3 is 13.7 Å². The number of furan rings is 2. The molecular formula is C36H23NO2. The molecule has 0 spiro atoms. The molecule has 6 aromatic carbocycles. The first kappa shape index (κ1) is 21.8. The first-order chi connectivity index (χ1) is 19.3. The summed E-state index contributed by atoms with van der Waals surface area (Å²) in [5, 5.41) is 4.42. The van der Waals surface area contributed by atoms with E-state index in [0.717, 1.165) is 72.1 Å². The van der Waals surface area contributed by atoms with E-state index >= 15 is 0 Å². The number of hydrogen-bond acceptors (Lipinski definition) is 3. The van der Waals surface area contributed by atoms with Crippen LogP contribution in [0.1, 0.15) is 0 Å². The van der Waals surface area contributed by atoms with Gasteiger partial charge >= 0.3 is 0 Å². The third-order valence-electron chi connectivity index (χ3n) is 7.47. The van der Waals surface area contributed by atoms with E-state index in [0.29, 0.717) is 0 Å². The Bertz CT molecular complexity index is 2060. The lowest BCUT2D eigenvalue weighted by Crippen LogP contribution is -2.09. The van der Waals surface area contributed by atoms with Gasteiger partial charge in [-0.3, -0.25) is 0 Å². The molecule has 8 aromatic rings. The minimum Gasteiger partial charge on any atom is -0.456 e. The number of rotatable bonds is 4. The molecule has 0 saturated carbocycles. The SMILES string of the molecule is c1ccc(N(c2ccccc2)c2ccc(-c3cccc4oc5ccc6oc7ccccc7c6c5c34)cc2)cc1. The standard InChI is InChI=1S/C36H23NO2/c1-3-10-25(11-4-1)37(26-12-5-2-6-13-26)27-20-18-24(19-21-27)28-15-9-17-31-34(28)36-33(39-31)23-22-32-35(36)29-14-7-8-16-30(29)38-32/h1-23H. The quantitative estimate of drug-likeness (QED) is 0.240. The van der Waals surface area contributed by atoms with E-state index in [1.165, 1.54) is 0 Å². The van der Waals surface area contributed by atoms with Crippen LogP contribution in [0, 0.1) is 0 Å². The van der Waals surface area contributed by atoms with E-state index in [-0.39, 0.29) is 0 Å². The van der Waals surface area contributed by atoms with Crippen molar-refractivity contribution < 1.29 is 8.83 Å². The molecule has 39 heavy (non-hydrogen) atoms. The van der Waals surface area contributed by atoms with Crippen molar-refractivity contribution in [3.63, 3.8) is 0 Å². The second kappa shape index (κ2) is 8.64. The van der Waals surface area contributed by atoms with Crippen LogP contribution >= 0.6 is 0 Å². The Balaban J connectivity index is 1.33. The molecule has 0 bridgehead atoms. The highest BCUT2D eigenvalue weighted by Gasteiger charge is 2.19. The van der Waals surface area contributed by atoms with Crippen molar-refractivity contribution in [3.8, 4) is 11.1 Å². The van der Waals surface area contributed by atoms with Crippen LogP contribution in [0.15, 0.2) is 148 Å². The Morgan fingerprint density at radius 2 is 0.897 bits per heavy atom. The number of fused-ring (bicyclic) bond motifs is 7. The zero-order valence-corrected chi connectivity index (χ0v) is 21.0. The van der Waals surface area contributed by atoms with Gasteiger partial charge in [0.05, 0.1) is 0 Å². The van der Waals surface area contributed by atoms with E-state index in [9.17, 15) is 0 Å². The molecule has 0 saturated heterocycles. The van der Waals surface area contributed by atoms with Gasteiger partial charge in [0.15, 0.2) is 0 Å². The molecular weight excluding hydrogens is 478 g/mol. The third-order valence-corrected chi connectivity index (χ3v) is 7.47. The largest absolute Gasteiger partial charge is 0.456 e. The molecule has 0 aliphatic rings. The summed E-state index contributed by atoms with van der Waals surface area (Å²) in [6.07, 6.45) is 0. The van der Waals surface area contributed by atoms with Crippen molar-refractivity contribution in [2.24, 2.45) is 0 Å². The summed E-state index contributed by atoms with van der Waals surface area (Å²) in [6, 6.07) is 48.3. The van der Waals surface area contributed by atoms with Gasteiger partial charge in [-0.05, 0) is 71.8 Å². The van der Waals surface area contributed by atoms with Crippen LogP contribution in [-0.2, 0) is 0 Å². The minimum absolute atomic E-state index is 0.868. The molecule has 0 fully saturated rings. The Morgan fingerprint density at radius 1 is 0.359 bits per heavy atom. The maximum Gasteiger partial charge on any atom is 0.136 e. The van der Waals surface area contributed by atoms with Crippen molar-refractivity contribution in [2.75, 3.05) is 4.90 Å². The highest BCUT2D eigenvalue weighted by Crippen LogP contribution is 2.44. The summed E-state index contributed by atoms with van der Waals surface area (Å²) in [5.41, 5.74) is 9.12. The lowest BCUT2D eigenvalue weighted by Gasteiger charge is -2.25. The van der Waals surface area contributed by atoms with Gasteiger partial charge in [-0.1, -0.05) is 78.9 Å². The highest BCUT2D eigenvalue weighted by atomic mass is 16.3.